The summed E-state index contributed by atoms with van der Waals surface area (Å²) in [5, 5.41) is 13.8. The van der Waals surface area contributed by atoms with Crippen LogP contribution in [0.4, 0.5) is 4.39 Å². The number of aromatic hydroxyl groups is 1. The first-order chi connectivity index (χ1) is 12.6. The summed E-state index contributed by atoms with van der Waals surface area (Å²) in [5.41, 5.74) is 1.69. The molecule has 0 saturated carbocycles. The zero-order valence-corrected chi connectivity index (χ0v) is 14.9. The van der Waals surface area contributed by atoms with Crippen LogP contribution in [0.3, 0.4) is 0 Å². The molecule has 0 radical (unpaired) electrons. The molecular weight excluding hydrogens is 351 g/mol. The van der Waals surface area contributed by atoms with Crippen molar-refractivity contribution in [3.8, 4) is 5.75 Å². The number of phenols is 1. The van der Waals surface area contributed by atoms with Crippen molar-refractivity contribution in [3.63, 3.8) is 0 Å². The van der Waals surface area contributed by atoms with E-state index in [0.717, 1.165) is 16.9 Å². The Kier molecular flexibility index (Phi) is 5.86. The maximum Gasteiger partial charge on any atom is 0.169 e. The van der Waals surface area contributed by atoms with Crippen LogP contribution in [0.25, 0.3) is 0 Å². The van der Waals surface area contributed by atoms with Gasteiger partial charge < -0.3 is 19.7 Å². The van der Waals surface area contributed by atoms with Crippen LogP contribution >= 0.6 is 12.2 Å². The third-order valence-electron chi connectivity index (χ3n) is 3.92. The Bertz CT molecular complexity index is 851. The minimum atomic E-state index is -0.268. The van der Waals surface area contributed by atoms with E-state index in [1.807, 2.05) is 29.2 Å². The first-order valence-corrected chi connectivity index (χ1v) is 8.59. The summed E-state index contributed by atoms with van der Waals surface area (Å²) in [6.07, 6.45) is 1.61. The van der Waals surface area contributed by atoms with E-state index in [9.17, 15) is 9.50 Å². The molecule has 4 nitrogen and oxygen atoms in total. The van der Waals surface area contributed by atoms with Crippen molar-refractivity contribution in [3.05, 3.63) is 89.6 Å². The van der Waals surface area contributed by atoms with Gasteiger partial charge in [0.15, 0.2) is 5.11 Å². The molecule has 2 N–H and O–H groups in total. The van der Waals surface area contributed by atoms with Crippen molar-refractivity contribution in [2.45, 2.75) is 19.6 Å². The summed E-state index contributed by atoms with van der Waals surface area (Å²) < 4.78 is 18.4. The summed E-state index contributed by atoms with van der Waals surface area (Å²) in [6, 6.07) is 17.1. The highest BCUT2D eigenvalue weighted by atomic mass is 32.1. The van der Waals surface area contributed by atoms with Crippen molar-refractivity contribution in [1.82, 2.24) is 10.2 Å². The molecule has 0 bridgehead atoms. The van der Waals surface area contributed by atoms with Gasteiger partial charge in [0.25, 0.3) is 0 Å². The Balaban J connectivity index is 1.70. The van der Waals surface area contributed by atoms with Crippen LogP contribution in [0.2, 0.25) is 0 Å². The molecule has 0 saturated heterocycles. The SMILES string of the molecule is Oc1ccccc1CN(Cc1ccco1)C(=S)NCc1ccc(F)cc1. The predicted molar refractivity (Wildman–Crippen MR) is 102 cm³/mol. The normalized spacial score (nSPS) is 10.5. The molecule has 6 heteroatoms. The van der Waals surface area contributed by atoms with E-state index in [1.54, 1.807) is 30.5 Å². The Hall–Kier alpha value is -2.86. The molecule has 134 valence electrons. The molecule has 0 unspecified atom stereocenters. The summed E-state index contributed by atoms with van der Waals surface area (Å²) in [5.74, 6) is 0.722. The topological polar surface area (TPSA) is 48.6 Å². The van der Waals surface area contributed by atoms with E-state index in [2.05, 4.69) is 5.32 Å². The van der Waals surface area contributed by atoms with Crippen molar-refractivity contribution in [2.75, 3.05) is 0 Å². The number of phenolic OH excluding ortho intramolecular Hbond substituents is 1. The molecule has 0 aliphatic rings. The lowest BCUT2D eigenvalue weighted by molar-refractivity contribution is 0.344. The van der Waals surface area contributed by atoms with Crippen molar-refractivity contribution >= 4 is 17.3 Å². The Morgan fingerprint density at radius 1 is 1.04 bits per heavy atom. The molecule has 0 fully saturated rings. The first-order valence-electron chi connectivity index (χ1n) is 8.18. The molecule has 0 spiro atoms. The number of rotatable bonds is 6. The van der Waals surface area contributed by atoms with Gasteiger partial charge in [-0.1, -0.05) is 30.3 Å². The number of hydrogen-bond acceptors (Lipinski definition) is 3. The maximum absolute atomic E-state index is 13.0. The van der Waals surface area contributed by atoms with E-state index < -0.39 is 0 Å². The van der Waals surface area contributed by atoms with Gasteiger partial charge in [0.2, 0.25) is 0 Å². The minimum absolute atomic E-state index is 0.221. The second-order valence-electron chi connectivity index (χ2n) is 5.85. The first kappa shape index (κ1) is 17.9. The summed E-state index contributed by atoms with van der Waals surface area (Å²) >= 11 is 5.53. The molecule has 0 amide bonds. The molecule has 1 heterocycles. The lowest BCUT2D eigenvalue weighted by atomic mass is 10.2. The van der Waals surface area contributed by atoms with Gasteiger partial charge in [0.1, 0.15) is 17.3 Å². The summed E-state index contributed by atoms with van der Waals surface area (Å²) in [7, 11) is 0. The number of nitrogens with zero attached hydrogens (tertiary/aromatic N) is 1. The quantitative estimate of drug-likeness (QED) is 0.637. The van der Waals surface area contributed by atoms with Crippen LogP contribution in [-0.4, -0.2) is 15.1 Å². The Labute approximate surface area is 156 Å². The number of furan rings is 1. The number of halogens is 1. The highest BCUT2D eigenvalue weighted by Crippen LogP contribution is 2.19. The van der Waals surface area contributed by atoms with Crippen LogP contribution in [0.5, 0.6) is 5.75 Å². The lowest BCUT2D eigenvalue weighted by Gasteiger charge is -2.25. The number of nitrogens with one attached hydrogen (secondary N) is 1. The van der Waals surface area contributed by atoms with Gasteiger partial charge in [-0.2, -0.15) is 0 Å². The second-order valence-corrected chi connectivity index (χ2v) is 6.24. The second kappa shape index (κ2) is 8.49. The van der Waals surface area contributed by atoms with Crippen LogP contribution in [0.15, 0.2) is 71.3 Å². The van der Waals surface area contributed by atoms with Crippen LogP contribution in [0, 0.1) is 5.82 Å². The van der Waals surface area contributed by atoms with Crippen molar-refractivity contribution < 1.29 is 13.9 Å². The molecule has 0 aliphatic heterocycles. The summed E-state index contributed by atoms with van der Waals surface area (Å²) in [6.45, 7) is 1.38. The van der Waals surface area contributed by atoms with Crippen molar-refractivity contribution in [2.24, 2.45) is 0 Å². The molecule has 0 atom stereocenters. The molecule has 3 aromatic rings. The Morgan fingerprint density at radius 3 is 2.50 bits per heavy atom. The largest absolute Gasteiger partial charge is 0.508 e. The molecule has 0 aliphatic carbocycles. The summed E-state index contributed by atoms with van der Waals surface area (Å²) in [4.78, 5) is 1.91. The molecule has 2 aromatic carbocycles. The molecule has 26 heavy (non-hydrogen) atoms. The van der Waals surface area contributed by atoms with Gasteiger partial charge in [-0.15, -0.1) is 0 Å². The van der Waals surface area contributed by atoms with Gasteiger partial charge in [-0.3, -0.25) is 0 Å². The molecule has 3 rings (SSSR count). The third-order valence-corrected chi connectivity index (χ3v) is 4.33. The van der Waals surface area contributed by atoms with Crippen LogP contribution < -0.4 is 5.32 Å². The zero-order chi connectivity index (χ0) is 18.4. The van der Waals surface area contributed by atoms with Gasteiger partial charge in [0.05, 0.1) is 12.8 Å². The highest BCUT2D eigenvalue weighted by molar-refractivity contribution is 7.80. The molecule has 1 aromatic heterocycles. The standard InChI is InChI=1S/C20H19FN2O2S/c21-17-9-7-15(8-10-17)12-22-20(26)23(14-18-5-3-11-25-18)13-16-4-1-2-6-19(16)24/h1-11,24H,12-14H2,(H,22,26). The number of benzene rings is 2. The van der Waals surface area contributed by atoms with Crippen LogP contribution in [0.1, 0.15) is 16.9 Å². The van der Waals surface area contributed by atoms with E-state index in [-0.39, 0.29) is 11.6 Å². The maximum atomic E-state index is 13.0. The fourth-order valence-electron chi connectivity index (χ4n) is 2.53. The van der Waals surface area contributed by atoms with Gasteiger partial charge in [0, 0.05) is 18.7 Å². The van der Waals surface area contributed by atoms with E-state index in [0.29, 0.717) is 24.7 Å². The van der Waals surface area contributed by atoms with Crippen LogP contribution in [-0.2, 0) is 19.6 Å². The molecular formula is C20H19FN2O2S. The Morgan fingerprint density at radius 2 is 1.81 bits per heavy atom. The van der Waals surface area contributed by atoms with E-state index >= 15 is 0 Å². The number of thiocarbonyl (C=S) groups is 1. The minimum Gasteiger partial charge on any atom is -0.508 e. The smallest absolute Gasteiger partial charge is 0.169 e. The lowest BCUT2D eigenvalue weighted by Crippen LogP contribution is -2.38. The van der Waals surface area contributed by atoms with Gasteiger partial charge >= 0.3 is 0 Å². The van der Waals surface area contributed by atoms with Gasteiger partial charge in [-0.05, 0) is 48.1 Å². The highest BCUT2D eigenvalue weighted by Gasteiger charge is 2.14. The number of hydrogen-bond donors (Lipinski definition) is 2. The third kappa shape index (κ3) is 4.83. The predicted octanol–water partition coefficient (Wildman–Crippen LogP) is 4.20. The van der Waals surface area contributed by atoms with E-state index in [4.69, 9.17) is 16.6 Å². The zero-order valence-electron chi connectivity index (χ0n) is 14.1. The number of para-hydroxylation sites is 1. The average molecular weight is 370 g/mol. The van der Waals surface area contributed by atoms with E-state index in [1.165, 1.54) is 12.1 Å². The fraction of sp³-hybridized carbons (Fsp3) is 0.150. The van der Waals surface area contributed by atoms with Gasteiger partial charge in [-0.25, -0.2) is 4.39 Å². The average Bonchev–Trinajstić information content (AvgIpc) is 3.15. The monoisotopic (exact) mass is 370 g/mol. The fourth-order valence-corrected chi connectivity index (χ4v) is 2.73. The van der Waals surface area contributed by atoms with Crippen molar-refractivity contribution in [1.29, 1.82) is 0 Å².